The molecule has 0 unspecified atom stereocenters. The quantitative estimate of drug-likeness (QED) is 0.153. The summed E-state index contributed by atoms with van der Waals surface area (Å²) >= 11 is 2.29. The van der Waals surface area contributed by atoms with Crippen LogP contribution in [0.25, 0.3) is 0 Å². The molecule has 0 radical (unpaired) electrons. The summed E-state index contributed by atoms with van der Waals surface area (Å²) in [7, 11) is 1.24. The van der Waals surface area contributed by atoms with Crippen LogP contribution in [-0.4, -0.2) is 124 Å². The number of ether oxygens (including phenoxy) is 1. The summed E-state index contributed by atoms with van der Waals surface area (Å²) in [6.07, 6.45) is 2.92. The molecule has 7 rings (SSSR count). The number of fused-ring (bicyclic) bond motifs is 2. The number of aliphatic carboxylic acids is 2. The molecule has 2 saturated heterocycles. The maximum atomic E-state index is 15.4. The number of amides is 3. The second-order valence-electron chi connectivity index (χ2n) is 12.5. The number of nitrogen functional groups attached to an aromatic ring is 1. The molecule has 3 amide bonds. The number of hydrogen-bond donors (Lipinski definition) is 4. The zero-order valence-corrected chi connectivity index (χ0v) is 29.2. The number of piperazine rings is 1. The number of carboxylic acids is 2. The van der Waals surface area contributed by atoms with Crippen molar-refractivity contribution in [3.8, 4) is 0 Å². The van der Waals surface area contributed by atoms with Crippen LogP contribution in [0.2, 0.25) is 0 Å². The lowest BCUT2D eigenvalue weighted by molar-refractivity contribution is -0.150. The highest BCUT2D eigenvalue weighted by Gasteiger charge is 2.54. The van der Waals surface area contributed by atoms with E-state index >= 15 is 4.39 Å². The fourth-order valence-corrected chi connectivity index (χ4v) is 8.43. The fraction of sp³-hybridized carbons (Fsp3) is 0.406. The topological polar surface area (TPSA) is 221 Å². The number of aromatic nitrogens is 1. The molecule has 1 aliphatic carbocycles. The number of nitrogens with zero attached hydrogens (tertiary/aromatic N) is 6. The average molecular weight is 757 g/mol. The molecule has 1 aromatic carbocycles. The highest BCUT2D eigenvalue weighted by molar-refractivity contribution is 8.00. The van der Waals surface area contributed by atoms with Gasteiger partial charge in [0.15, 0.2) is 10.8 Å². The van der Waals surface area contributed by atoms with Gasteiger partial charge in [-0.05, 0) is 30.5 Å². The number of nitrogens with two attached hydrogens (primary N) is 1. The summed E-state index contributed by atoms with van der Waals surface area (Å²) in [5.74, 6) is -4.20. The Morgan fingerprint density at radius 2 is 1.87 bits per heavy atom. The predicted molar refractivity (Wildman–Crippen MR) is 186 cm³/mol. The van der Waals surface area contributed by atoms with Crippen molar-refractivity contribution in [1.29, 1.82) is 0 Å². The first kappa shape index (κ1) is 35.1. The Hall–Kier alpha value is -5.37. The Bertz CT molecular complexity index is 1960. The maximum absolute atomic E-state index is 15.4. The van der Waals surface area contributed by atoms with E-state index in [1.165, 1.54) is 35.2 Å². The minimum Gasteiger partial charge on any atom is -0.478 e. The van der Waals surface area contributed by atoms with Crippen LogP contribution in [0.3, 0.4) is 0 Å². The van der Waals surface area contributed by atoms with Crippen LogP contribution in [0.4, 0.5) is 25.7 Å². The molecule has 2 aromatic rings. The van der Waals surface area contributed by atoms with Crippen molar-refractivity contribution in [2.75, 3.05) is 61.2 Å². The first-order chi connectivity index (χ1) is 24.9. The van der Waals surface area contributed by atoms with Crippen molar-refractivity contribution < 1.29 is 48.2 Å². The van der Waals surface area contributed by atoms with Crippen LogP contribution in [0.1, 0.15) is 24.1 Å². The van der Waals surface area contributed by atoms with Gasteiger partial charge >= 0.3 is 18.0 Å². The van der Waals surface area contributed by atoms with Gasteiger partial charge in [-0.25, -0.2) is 23.8 Å². The number of halogens is 1. The van der Waals surface area contributed by atoms with Crippen molar-refractivity contribution in [1.82, 2.24) is 20.1 Å². The number of rotatable bonds is 10. The van der Waals surface area contributed by atoms with Crippen LogP contribution < -0.4 is 20.9 Å². The zero-order chi connectivity index (χ0) is 36.8. The number of anilines is 3. The highest BCUT2D eigenvalue weighted by Crippen LogP contribution is 2.42. The number of β-lactam (4-membered cyclic amide) rings is 1. The third-order valence-corrected chi connectivity index (χ3v) is 11.3. The van der Waals surface area contributed by atoms with Crippen LogP contribution in [-0.2, 0) is 35.2 Å². The van der Waals surface area contributed by atoms with Gasteiger partial charge in [-0.15, -0.1) is 23.1 Å². The number of benzene rings is 1. The molecule has 3 fully saturated rings. The number of carbonyl (C=O) groups excluding carboxylic acids is 3. The second-order valence-corrected chi connectivity index (χ2v) is 14.5. The monoisotopic (exact) mass is 756 g/mol. The summed E-state index contributed by atoms with van der Waals surface area (Å²) in [6, 6.07) is 2.26. The molecule has 5 N–H and O–H groups in total. The number of oxime groups is 1. The number of carbonyl (C=O) groups is 5. The van der Waals surface area contributed by atoms with Gasteiger partial charge in [0.25, 0.3) is 11.8 Å². The molecule has 2 atom stereocenters. The van der Waals surface area contributed by atoms with E-state index in [4.69, 9.17) is 15.3 Å². The lowest BCUT2D eigenvalue weighted by Crippen LogP contribution is -2.71. The molecule has 0 bridgehead atoms. The van der Waals surface area contributed by atoms with E-state index in [9.17, 15) is 34.2 Å². The van der Waals surface area contributed by atoms with E-state index in [0.717, 1.165) is 34.8 Å². The standard InChI is InChI=1S/C32H33FN8O9S2/c1-49-37-23(20-14-52-31(34)35-20)26(42)36-24-27(43)41-25(30(46)47)17(13-51-28(24)41)12-50-32(48)39-6-4-38(5-7-39)22-10-21-15(9-19(22)33)8-16(29(44)45)11-40(21)18-2-3-18/h9-11,14,18,24,28H,2-8,12-13H2,1H3,(H2,34,35)(H,36,42)(H,44,45)(H,46,47)/b37-23-/t24-,28-/m1/s1. The zero-order valence-electron chi connectivity index (χ0n) is 27.6. The summed E-state index contributed by atoms with van der Waals surface area (Å²) in [5.41, 5.74) is 7.48. The van der Waals surface area contributed by atoms with Crippen LogP contribution >= 0.6 is 23.1 Å². The van der Waals surface area contributed by atoms with Gasteiger partial charge in [0.1, 0.15) is 42.3 Å². The summed E-state index contributed by atoms with van der Waals surface area (Å²) in [4.78, 5) is 78.3. The number of nitrogens with one attached hydrogen (secondary N) is 1. The lowest BCUT2D eigenvalue weighted by Gasteiger charge is -2.49. The molecule has 0 spiro atoms. The van der Waals surface area contributed by atoms with Gasteiger partial charge in [-0.1, -0.05) is 5.16 Å². The molecule has 4 aliphatic heterocycles. The van der Waals surface area contributed by atoms with Crippen molar-refractivity contribution in [3.63, 3.8) is 0 Å². The van der Waals surface area contributed by atoms with Gasteiger partial charge < -0.3 is 45.5 Å². The minimum absolute atomic E-state index is 0.115. The van der Waals surface area contributed by atoms with E-state index in [1.54, 1.807) is 12.3 Å². The van der Waals surface area contributed by atoms with E-state index in [-0.39, 0.29) is 71.3 Å². The smallest absolute Gasteiger partial charge is 0.410 e. The molecule has 1 saturated carbocycles. The number of hydrogen-bond acceptors (Lipinski definition) is 14. The first-order valence-corrected chi connectivity index (χ1v) is 18.1. The second kappa shape index (κ2) is 14.0. The molecule has 17 nitrogen and oxygen atoms in total. The van der Waals surface area contributed by atoms with Gasteiger partial charge in [0, 0.05) is 67.2 Å². The molecule has 274 valence electrons. The van der Waals surface area contributed by atoms with Crippen LogP contribution in [0.5, 0.6) is 0 Å². The van der Waals surface area contributed by atoms with Crippen molar-refractivity contribution in [2.45, 2.75) is 36.7 Å². The fourth-order valence-electron chi connectivity index (χ4n) is 6.56. The average Bonchev–Trinajstić information content (AvgIpc) is 3.89. The van der Waals surface area contributed by atoms with E-state index < -0.39 is 47.1 Å². The van der Waals surface area contributed by atoms with Gasteiger partial charge in [-0.2, -0.15) is 0 Å². The Kier molecular flexibility index (Phi) is 9.42. The number of carboxylic acid groups (broad SMARTS) is 2. The number of thioether (sulfide) groups is 1. The SMILES string of the molecule is CO/N=C(\C(=O)N[C@@H]1C(=O)N2C(C(=O)O)=C(COC(=O)N3CCN(c4cc5c(cc4F)CC(C(=O)O)=CN5C4CC4)CC3)CS[C@H]12)c1csc(N)n1. The van der Waals surface area contributed by atoms with E-state index in [1.807, 2.05) is 9.80 Å². The molecule has 1 aromatic heterocycles. The van der Waals surface area contributed by atoms with E-state index in [0.29, 0.717) is 24.3 Å². The maximum Gasteiger partial charge on any atom is 0.410 e. The van der Waals surface area contributed by atoms with Crippen LogP contribution in [0.15, 0.2) is 45.7 Å². The van der Waals surface area contributed by atoms with Crippen molar-refractivity contribution >= 4 is 75.2 Å². The Morgan fingerprint density at radius 1 is 1.12 bits per heavy atom. The Labute approximate surface area is 303 Å². The van der Waals surface area contributed by atoms with Crippen molar-refractivity contribution in [3.05, 3.63) is 57.6 Å². The third kappa shape index (κ3) is 6.58. The van der Waals surface area contributed by atoms with Gasteiger partial charge in [0.2, 0.25) is 0 Å². The highest BCUT2D eigenvalue weighted by atomic mass is 32.2. The normalized spacial score (nSPS) is 21.5. The predicted octanol–water partition coefficient (Wildman–Crippen LogP) is 1.41. The summed E-state index contributed by atoms with van der Waals surface area (Å²) in [6.45, 7) is 0.639. The molecular weight excluding hydrogens is 724 g/mol. The largest absolute Gasteiger partial charge is 0.478 e. The molecule has 20 heteroatoms. The number of thiazole rings is 1. The molecular formula is C32H33FN8O9S2. The van der Waals surface area contributed by atoms with E-state index in [2.05, 4.69) is 15.5 Å². The summed E-state index contributed by atoms with van der Waals surface area (Å²) < 4.78 is 20.9. The minimum atomic E-state index is -1.38. The molecule has 5 aliphatic rings. The van der Waals surface area contributed by atoms with Gasteiger partial charge in [0.05, 0.1) is 11.3 Å². The first-order valence-electron chi connectivity index (χ1n) is 16.2. The van der Waals surface area contributed by atoms with Crippen molar-refractivity contribution in [2.24, 2.45) is 5.16 Å². The molecule has 5 heterocycles. The lowest BCUT2D eigenvalue weighted by atomic mass is 9.98. The van der Waals surface area contributed by atoms with Gasteiger partial charge in [-0.3, -0.25) is 14.5 Å². The molecule has 52 heavy (non-hydrogen) atoms. The third-order valence-electron chi connectivity index (χ3n) is 9.26. The Balaban J connectivity index is 0.962. The summed E-state index contributed by atoms with van der Waals surface area (Å²) in [5, 5.41) is 26.9. The Morgan fingerprint density at radius 3 is 2.50 bits per heavy atom. The van der Waals surface area contributed by atoms with Crippen LogP contribution in [0, 0.1) is 5.82 Å².